The van der Waals surface area contributed by atoms with Crippen LogP contribution in [0.2, 0.25) is 0 Å². The molecule has 0 aliphatic heterocycles. The van der Waals surface area contributed by atoms with Gasteiger partial charge in [-0.15, -0.1) is 11.8 Å². The molecule has 1 heteroatoms. The fourth-order valence-electron chi connectivity index (χ4n) is 0.987. The van der Waals surface area contributed by atoms with Crippen molar-refractivity contribution in [2.45, 2.75) is 19.8 Å². The monoisotopic (exact) mass is 192 g/mol. The zero-order chi connectivity index (χ0) is 9.36. The molecule has 0 fully saturated rings. The van der Waals surface area contributed by atoms with Crippen molar-refractivity contribution in [2.24, 2.45) is 0 Å². The lowest BCUT2D eigenvalue weighted by Crippen LogP contribution is -1.73. The molecule has 1 aromatic rings. The zero-order valence-electron chi connectivity index (χ0n) is 8.07. The summed E-state index contributed by atoms with van der Waals surface area (Å²) in [4.78, 5) is 0. The molecule has 70 valence electrons. The van der Waals surface area contributed by atoms with E-state index in [1.54, 1.807) is 0 Å². The third kappa shape index (κ3) is 4.79. The van der Waals surface area contributed by atoms with Gasteiger partial charge in [0, 0.05) is 0 Å². The molecule has 0 unspecified atom stereocenters. The molecule has 0 aromatic heterocycles. The van der Waals surface area contributed by atoms with Crippen LogP contribution in [-0.4, -0.2) is 5.75 Å². The topological polar surface area (TPSA) is 0 Å². The summed E-state index contributed by atoms with van der Waals surface area (Å²) < 4.78 is 0. The molecule has 0 amide bonds. The minimum atomic E-state index is 1.24. The van der Waals surface area contributed by atoms with E-state index >= 15 is 0 Å². The lowest BCUT2D eigenvalue weighted by atomic mass is 10.2. The minimum Gasteiger partial charge on any atom is -0.134 e. The van der Waals surface area contributed by atoms with Gasteiger partial charge in [0.1, 0.15) is 0 Å². The first-order valence-electron chi connectivity index (χ1n) is 4.76. The molecule has 0 atom stereocenters. The lowest BCUT2D eigenvalue weighted by molar-refractivity contribution is 0.898. The van der Waals surface area contributed by atoms with E-state index in [4.69, 9.17) is 0 Å². The highest BCUT2D eigenvalue weighted by molar-refractivity contribution is 8.02. The second-order valence-corrected chi connectivity index (χ2v) is 3.95. The molecule has 0 radical (unpaired) electrons. The van der Waals surface area contributed by atoms with Crippen molar-refractivity contribution >= 4 is 17.8 Å². The molecule has 0 N–H and O–H groups in total. The van der Waals surface area contributed by atoms with E-state index in [1.807, 2.05) is 17.8 Å². The molecule has 1 aromatic carbocycles. The van der Waals surface area contributed by atoms with Gasteiger partial charge in [-0.1, -0.05) is 43.7 Å². The highest BCUT2D eigenvalue weighted by Crippen LogP contribution is 2.09. The summed E-state index contributed by atoms with van der Waals surface area (Å²) in [6.45, 7) is 2.22. The quantitative estimate of drug-likeness (QED) is 0.630. The number of hydrogen-bond acceptors (Lipinski definition) is 1. The van der Waals surface area contributed by atoms with Crippen molar-refractivity contribution in [3.8, 4) is 0 Å². The second-order valence-electron chi connectivity index (χ2n) is 2.94. The van der Waals surface area contributed by atoms with E-state index in [0.29, 0.717) is 0 Å². The Kier molecular flexibility index (Phi) is 5.42. The Morgan fingerprint density at radius 3 is 2.69 bits per heavy atom. The highest BCUT2D eigenvalue weighted by Gasteiger charge is 1.83. The largest absolute Gasteiger partial charge is 0.134 e. The molecule has 0 saturated heterocycles. The van der Waals surface area contributed by atoms with Crippen LogP contribution in [-0.2, 0) is 0 Å². The smallest absolute Gasteiger partial charge is 0.00261 e. The van der Waals surface area contributed by atoms with Crippen molar-refractivity contribution in [3.63, 3.8) is 0 Å². The van der Waals surface area contributed by atoms with Gasteiger partial charge >= 0.3 is 0 Å². The summed E-state index contributed by atoms with van der Waals surface area (Å²) in [7, 11) is 0. The van der Waals surface area contributed by atoms with Crippen LogP contribution >= 0.6 is 11.8 Å². The maximum absolute atomic E-state index is 2.22. The Morgan fingerprint density at radius 1 is 1.23 bits per heavy atom. The summed E-state index contributed by atoms with van der Waals surface area (Å²) in [6.07, 6.45) is 4.76. The van der Waals surface area contributed by atoms with Crippen LogP contribution in [0.15, 0.2) is 35.7 Å². The Hall–Kier alpha value is -0.690. The van der Waals surface area contributed by atoms with Crippen LogP contribution in [0.5, 0.6) is 0 Å². The Labute approximate surface area is 85.1 Å². The summed E-state index contributed by atoms with van der Waals surface area (Å²) >= 11 is 1.89. The molecular weight excluding hydrogens is 176 g/mol. The number of thioether (sulfide) groups is 1. The Morgan fingerprint density at radius 2 is 2.00 bits per heavy atom. The summed E-state index contributed by atoms with van der Waals surface area (Å²) in [5, 5.41) is 2.19. The van der Waals surface area contributed by atoms with Gasteiger partial charge in [0.25, 0.3) is 0 Å². The average molecular weight is 192 g/mol. The molecule has 0 spiro atoms. The fourth-order valence-corrected chi connectivity index (χ4v) is 1.83. The molecule has 1 rings (SSSR count). The van der Waals surface area contributed by atoms with Gasteiger partial charge in [-0.3, -0.25) is 0 Å². The molecular formula is C12H16S. The molecule has 0 aliphatic carbocycles. The van der Waals surface area contributed by atoms with E-state index in [2.05, 4.69) is 42.7 Å². The predicted molar refractivity (Wildman–Crippen MR) is 62.8 cm³/mol. The van der Waals surface area contributed by atoms with Crippen LogP contribution in [0.25, 0.3) is 6.08 Å². The van der Waals surface area contributed by atoms with Crippen molar-refractivity contribution in [1.82, 2.24) is 0 Å². The van der Waals surface area contributed by atoms with Crippen molar-refractivity contribution in [3.05, 3.63) is 41.3 Å². The van der Waals surface area contributed by atoms with Gasteiger partial charge < -0.3 is 0 Å². The first-order chi connectivity index (χ1) is 6.43. The molecule has 0 aliphatic rings. The normalized spacial score (nSPS) is 10.8. The van der Waals surface area contributed by atoms with E-state index in [-0.39, 0.29) is 0 Å². The Bertz CT molecular complexity index is 239. The maximum Gasteiger partial charge on any atom is -0.00261 e. The number of unbranched alkanes of at least 4 members (excludes halogenated alkanes) is 1. The fraction of sp³-hybridized carbons (Fsp3) is 0.333. The van der Waals surface area contributed by atoms with Crippen LogP contribution in [0.4, 0.5) is 0 Å². The first-order valence-corrected chi connectivity index (χ1v) is 5.81. The van der Waals surface area contributed by atoms with Crippen LogP contribution in [0, 0.1) is 0 Å². The predicted octanol–water partition coefficient (Wildman–Crippen LogP) is 4.19. The maximum atomic E-state index is 2.22. The number of hydrogen-bond donors (Lipinski definition) is 0. The first kappa shape index (κ1) is 10.4. The highest BCUT2D eigenvalue weighted by atomic mass is 32.2. The second kappa shape index (κ2) is 6.79. The summed E-state index contributed by atoms with van der Waals surface area (Å²) in [5.41, 5.74) is 1.28. The minimum absolute atomic E-state index is 1.24. The molecule has 13 heavy (non-hydrogen) atoms. The van der Waals surface area contributed by atoms with Gasteiger partial charge in [0.15, 0.2) is 0 Å². The van der Waals surface area contributed by atoms with Crippen LogP contribution in [0.1, 0.15) is 25.3 Å². The molecule has 0 nitrogen and oxygen atoms in total. The number of benzene rings is 1. The van der Waals surface area contributed by atoms with Gasteiger partial charge in [-0.2, -0.15) is 0 Å². The number of rotatable bonds is 5. The molecule has 0 saturated carbocycles. The summed E-state index contributed by atoms with van der Waals surface area (Å²) in [5.74, 6) is 1.24. The van der Waals surface area contributed by atoms with Gasteiger partial charge in [-0.05, 0) is 29.2 Å². The van der Waals surface area contributed by atoms with Crippen molar-refractivity contribution in [1.29, 1.82) is 0 Å². The average Bonchev–Trinajstić information content (AvgIpc) is 2.19. The van der Waals surface area contributed by atoms with Gasteiger partial charge in [0.2, 0.25) is 0 Å². The standard InChI is InChI=1S/C12H16S/c1-2-3-10-13-11-9-12-7-5-4-6-8-12/h4-9,11H,2-3,10H2,1H3. The van der Waals surface area contributed by atoms with Gasteiger partial charge in [-0.25, -0.2) is 0 Å². The van der Waals surface area contributed by atoms with Crippen molar-refractivity contribution < 1.29 is 0 Å². The van der Waals surface area contributed by atoms with Gasteiger partial charge in [0.05, 0.1) is 0 Å². The zero-order valence-corrected chi connectivity index (χ0v) is 8.89. The lowest BCUT2D eigenvalue weighted by Gasteiger charge is -1.92. The third-order valence-corrected chi connectivity index (χ3v) is 2.62. The molecule has 0 heterocycles. The van der Waals surface area contributed by atoms with Crippen LogP contribution < -0.4 is 0 Å². The third-order valence-electron chi connectivity index (χ3n) is 1.77. The van der Waals surface area contributed by atoms with E-state index in [0.717, 1.165) is 0 Å². The van der Waals surface area contributed by atoms with E-state index in [9.17, 15) is 0 Å². The van der Waals surface area contributed by atoms with E-state index in [1.165, 1.54) is 24.2 Å². The molecule has 0 bridgehead atoms. The van der Waals surface area contributed by atoms with Crippen molar-refractivity contribution in [2.75, 3.05) is 5.75 Å². The van der Waals surface area contributed by atoms with E-state index < -0.39 is 0 Å². The summed E-state index contributed by atoms with van der Waals surface area (Å²) in [6, 6.07) is 10.4. The Balaban J connectivity index is 2.25. The SMILES string of the molecule is CCCCSC=Cc1ccccc1. The van der Waals surface area contributed by atoms with Crippen LogP contribution in [0.3, 0.4) is 0 Å².